The summed E-state index contributed by atoms with van der Waals surface area (Å²) in [6, 6.07) is 7.36. The highest BCUT2D eigenvalue weighted by Gasteiger charge is 2.22. The molecular formula is C13H19NO3. The number of rotatable bonds is 6. The van der Waals surface area contributed by atoms with Crippen molar-refractivity contribution in [2.75, 3.05) is 20.8 Å². The van der Waals surface area contributed by atoms with Crippen LogP contribution in [0.15, 0.2) is 24.3 Å². The van der Waals surface area contributed by atoms with Crippen LogP contribution in [-0.4, -0.2) is 42.8 Å². The maximum absolute atomic E-state index is 11.1. The maximum atomic E-state index is 11.1. The van der Waals surface area contributed by atoms with Crippen LogP contribution in [0.25, 0.3) is 0 Å². The highest BCUT2D eigenvalue weighted by Crippen LogP contribution is 2.11. The van der Waals surface area contributed by atoms with E-state index in [0.717, 1.165) is 5.56 Å². The predicted molar refractivity (Wildman–Crippen MR) is 65.9 cm³/mol. The molecule has 1 rings (SSSR count). The first-order valence-corrected chi connectivity index (χ1v) is 5.52. The minimum Gasteiger partial charge on any atom is -0.480 e. The molecule has 0 aromatic heterocycles. The van der Waals surface area contributed by atoms with Crippen LogP contribution in [-0.2, 0) is 16.1 Å². The summed E-state index contributed by atoms with van der Waals surface area (Å²) >= 11 is 0. The van der Waals surface area contributed by atoms with Gasteiger partial charge in [0.05, 0.1) is 6.61 Å². The molecule has 0 spiro atoms. The van der Waals surface area contributed by atoms with Crippen LogP contribution in [0.4, 0.5) is 0 Å². The molecule has 4 heteroatoms. The molecule has 0 aliphatic carbocycles. The van der Waals surface area contributed by atoms with E-state index in [1.807, 2.05) is 31.2 Å². The van der Waals surface area contributed by atoms with E-state index < -0.39 is 12.0 Å². The molecule has 0 aliphatic rings. The summed E-state index contributed by atoms with van der Waals surface area (Å²) in [5, 5.41) is 9.10. The number of carboxylic acid groups (broad SMARTS) is 1. The molecule has 0 bridgehead atoms. The molecule has 0 heterocycles. The van der Waals surface area contributed by atoms with Gasteiger partial charge in [-0.05, 0) is 25.1 Å². The van der Waals surface area contributed by atoms with Crippen molar-refractivity contribution in [2.24, 2.45) is 0 Å². The number of hydrogen-bond acceptors (Lipinski definition) is 3. The Bertz CT molecular complexity index is 379. The second kappa shape index (κ2) is 6.37. The first kappa shape index (κ1) is 13.7. The minimum absolute atomic E-state index is 0.192. The van der Waals surface area contributed by atoms with E-state index in [1.165, 1.54) is 12.7 Å². The number of likely N-dealkylation sites (N-methyl/N-ethyl adjacent to an activating group) is 1. The van der Waals surface area contributed by atoms with E-state index in [2.05, 4.69) is 0 Å². The SMILES string of the molecule is COCC(C(=O)O)N(C)Cc1ccccc1C. The quantitative estimate of drug-likeness (QED) is 0.815. The van der Waals surface area contributed by atoms with Gasteiger partial charge in [-0.15, -0.1) is 0 Å². The molecular weight excluding hydrogens is 218 g/mol. The van der Waals surface area contributed by atoms with Crippen LogP contribution >= 0.6 is 0 Å². The third kappa shape index (κ3) is 3.84. The topological polar surface area (TPSA) is 49.8 Å². The molecule has 0 saturated carbocycles. The summed E-state index contributed by atoms with van der Waals surface area (Å²) in [7, 11) is 3.31. The van der Waals surface area contributed by atoms with Gasteiger partial charge >= 0.3 is 5.97 Å². The summed E-state index contributed by atoms with van der Waals surface area (Å²) in [6.07, 6.45) is 0. The van der Waals surface area contributed by atoms with Crippen molar-refractivity contribution >= 4 is 5.97 Å². The number of aliphatic carboxylic acids is 1. The summed E-state index contributed by atoms with van der Waals surface area (Å²) in [4.78, 5) is 12.9. The molecule has 0 amide bonds. The van der Waals surface area contributed by atoms with E-state index in [1.54, 1.807) is 11.9 Å². The van der Waals surface area contributed by atoms with Gasteiger partial charge in [0, 0.05) is 13.7 Å². The zero-order chi connectivity index (χ0) is 12.8. The highest BCUT2D eigenvalue weighted by molar-refractivity contribution is 5.73. The molecule has 0 aliphatic heterocycles. The molecule has 1 aromatic carbocycles. The van der Waals surface area contributed by atoms with Gasteiger partial charge in [0.25, 0.3) is 0 Å². The van der Waals surface area contributed by atoms with Crippen LogP contribution < -0.4 is 0 Å². The average Bonchev–Trinajstić information content (AvgIpc) is 2.28. The molecule has 0 saturated heterocycles. The van der Waals surface area contributed by atoms with Crippen molar-refractivity contribution in [3.8, 4) is 0 Å². The zero-order valence-electron chi connectivity index (χ0n) is 10.5. The van der Waals surface area contributed by atoms with Crippen LogP contribution in [0.2, 0.25) is 0 Å². The van der Waals surface area contributed by atoms with Gasteiger partial charge in [-0.1, -0.05) is 24.3 Å². The number of methoxy groups -OCH3 is 1. The molecule has 1 unspecified atom stereocenters. The molecule has 17 heavy (non-hydrogen) atoms. The number of benzene rings is 1. The third-order valence-corrected chi connectivity index (χ3v) is 2.82. The second-order valence-corrected chi connectivity index (χ2v) is 4.15. The Morgan fingerprint density at radius 1 is 1.47 bits per heavy atom. The fraction of sp³-hybridized carbons (Fsp3) is 0.462. The standard InChI is InChI=1S/C13H19NO3/c1-10-6-4-5-7-11(10)8-14(2)12(9-17-3)13(15)16/h4-7,12H,8-9H2,1-3H3,(H,15,16). The van der Waals surface area contributed by atoms with Crippen LogP contribution in [0.5, 0.6) is 0 Å². The number of hydrogen-bond donors (Lipinski definition) is 1. The largest absolute Gasteiger partial charge is 0.480 e. The van der Waals surface area contributed by atoms with Crippen LogP contribution in [0.1, 0.15) is 11.1 Å². The number of nitrogens with zero attached hydrogens (tertiary/aromatic N) is 1. The van der Waals surface area contributed by atoms with Gasteiger partial charge in [-0.25, -0.2) is 0 Å². The van der Waals surface area contributed by atoms with Crippen molar-refractivity contribution in [1.29, 1.82) is 0 Å². The van der Waals surface area contributed by atoms with Gasteiger partial charge in [-0.3, -0.25) is 9.69 Å². The van der Waals surface area contributed by atoms with Crippen molar-refractivity contribution < 1.29 is 14.6 Å². The van der Waals surface area contributed by atoms with E-state index in [-0.39, 0.29) is 6.61 Å². The lowest BCUT2D eigenvalue weighted by atomic mass is 10.1. The fourth-order valence-corrected chi connectivity index (χ4v) is 1.71. The average molecular weight is 237 g/mol. The van der Waals surface area contributed by atoms with Gasteiger partial charge < -0.3 is 9.84 Å². The Hall–Kier alpha value is -1.39. The Morgan fingerprint density at radius 2 is 2.12 bits per heavy atom. The Morgan fingerprint density at radius 3 is 2.65 bits per heavy atom. The molecule has 1 N–H and O–H groups in total. The lowest BCUT2D eigenvalue weighted by Gasteiger charge is -2.24. The summed E-state index contributed by atoms with van der Waals surface area (Å²) in [5.74, 6) is -0.858. The Kier molecular flexibility index (Phi) is 5.12. The van der Waals surface area contributed by atoms with Gasteiger partial charge in [0.2, 0.25) is 0 Å². The van der Waals surface area contributed by atoms with Gasteiger partial charge in [0.1, 0.15) is 6.04 Å². The van der Waals surface area contributed by atoms with Crippen LogP contribution in [0.3, 0.4) is 0 Å². The van der Waals surface area contributed by atoms with E-state index in [0.29, 0.717) is 6.54 Å². The van der Waals surface area contributed by atoms with Gasteiger partial charge in [0.15, 0.2) is 0 Å². The summed E-state index contributed by atoms with van der Waals surface area (Å²) in [6.45, 7) is 2.82. The number of aryl methyl sites for hydroxylation is 1. The Balaban J connectivity index is 2.73. The van der Waals surface area contributed by atoms with Crippen LogP contribution in [0, 0.1) is 6.92 Å². The van der Waals surface area contributed by atoms with E-state index >= 15 is 0 Å². The maximum Gasteiger partial charge on any atom is 0.323 e. The molecule has 1 aromatic rings. The van der Waals surface area contributed by atoms with E-state index in [9.17, 15) is 4.79 Å². The number of ether oxygens (including phenoxy) is 1. The first-order chi connectivity index (χ1) is 8.06. The monoisotopic (exact) mass is 237 g/mol. The van der Waals surface area contributed by atoms with Crippen molar-refractivity contribution in [3.63, 3.8) is 0 Å². The van der Waals surface area contributed by atoms with Gasteiger partial charge in [-0.2, -0.15) is 0 Å². The predicted octanol–water partition coefficient (Wildman–Crippen LogP) is 1.53. The fourth-order valence-electron chi connectivity index (χ4n) is 1.71. The molecule has 0 fully saturated rings. The van der Waals surface area contributed by atoms with Crippen molar-refractivity contribution in [3.05, 3.63) is 35.4 Å². The lowest BCUT2D eigenvalue weighted by molar-refractivity contribution is -0.144. The molecule has 1 atom stereocenters. The molecule has 94 valence electrons. The van der Waals surface area contributed by atoms with E-state index in [4.69, 9.17) is 9.84 Å². The minimum atomic E-state index is -0.858. The summed E-state index contributed by atoms with van der Waals surface area (Å²) in [5.41, 5.74) is 2.30. The second-order valence-electron chi connectivity index (χ2n) is 4.15. The first-order valence-electron chi connectivity index (χ1n) is 5.52. The highest BCUT2D eigenvalue weighted by atomic mass is 16.5. The number of carbonyl (C=O) groups is 1. The zero-order valence-corrected chi connectivity index (χ0v) is 10.5. The van der Waals surface area contributed by atoms with Crippen molar-refractivity contribution in [1.82, 2.24) is 4.90 Å². The summed E-state index contributed by atoms with van der Waals surface area (Å²) < 4.78 is 4.93. The smallest absolute Gasteiger partial charge is 0.323 e. The van der Waals surface area contributed by atoms with Crippen molar-refractivity contribution in [2.45, 2.75) is 19.5 Å². The third-order valence-electron chi connectivity index (χ3n) is 2.82. The Labute approximate surface area is 102 Å². The normalized spacial score (nSPS) is 12.7. The lowest BCUT2D eigenvalue weighted by Crippen LogP contribution is -2.41. The molecule has 4 nitrogen and oxygen atoms in total. The number of carboxylic acids is 1. The molecule has 0 radical (unpaired) electrons.